The smallest absolute Gasteiger partial charge is 0.330 e. The largest absolute Gasteiger partial charge is 0.425 e. The lowest BCUT2D eigenvalue weighted by atomic mass is 9.91. The Balaban J connectivity index is 2.32. The summed E-state index contributed by atoms with van der Waals surface area (Å²) in [5.74, 6) is -3.66. The second kappa shape index (κ2) is 6.90. The molecule has 29 heavy (non-hydrogen) atoms. The molecule has 154 valence electrons. The number of fused-ring (bicyclic) bond motifs is 1. The minimum atomic E-state index is -5.35. The van der Waals surface area contributed by atoms with Crippen LogP contribution in [-0.2, 0) is 15.1 Å². The van der Waals surface area contributed by atoms with Crippen molar-refractivity contribution in [2.24, 2.45) is 5.92 Å². The normalized spacial score (nSPS) is 18.5. The number of anilines is 1. The molecule has 1 aliphatic heterocycles. The maximum absolute atomic E-state index is 14.1. The number of amides is 2. The molecule has 0 saturated carbocycles. The van der Waals surface area contributed by atoms with Crippen LogP contribution in [0, 0.1) is 5.92 Å². The maximum Gasteiger partial charge on any atom is 0.425 e. The van der Waals surface area contributed by atoms with Gasteiger partial charge < -0.3 is 10.6 Å². The third-order valence-corrected chi connectivity index (χ3v) is 4.42. The van der Waals surface area contributed by atoms with Gasteiger partial charge in [0.15, 0.2) is 0 Å². The van der Waals surface area contributed by atoms with Gasteiger partial charge in [-0.25, -0.2) is 9.36 Å². The molecule has 0 spiro atoms. The molecule has 2 amide bonds. The number of nitrogens with zero attached hydrogens (tertiary/aromatic N) is 1. The fourth-order valence-corrected chi connectivity index (χ4v) is 3.23. The summed E-state index contributed by atoms with van der Waals surface area (Å²) < 4.78 is 43.2. The molecule has 1 atom stereocenters. The van der Waals surface area contributed by atoms with Gasteiger partial charge in [-0.2, -0.15) is 13.2 Å². The number of alkyl halides is 3. The van der Waals surface area contributed by atoms with Crippen molar-refractivity contribution in [3.8, 4) is 5.69 Å². The third-order valence-electron chi connectivity index (χ3n) is 4.42. The number of hydrogen-bond acceptors (Lipinski definition) is 4. The van der Waals surface area contributed by atoms with Crippen LogP contribution in [0.2, 0.25) is 0 Å². The van der Waals surface area contributed by atoms with Gasteiger partial charge in [0.25, 0.3) is 11.5 Å². The Hall–Kier alpha value is -3.37. The van der Waals surface area contributed by atoms with Crippen molar-refractivity contribution in [2.75, 3.05) is 5.32 Å². The molecule has 1 aromatic carbocycles. The second-order valence-electron chi connectivity index (χ2n) is 7.00. The van der Waals surface area contributed by atoms with Crippen LogP contribution in [0.5, 0.6) is 0 Å². The van der Waals surface area contributed by atoms with Crippen molar-refractivity contribution < 1.29 is 22.8 Å². The molecule has 0 saturated heterocycles. The summed E-state index contributed by atoms with van der Waals surface area (Å²) in [4.78, 5) is 51.3. The Morgan fingerprint density at radius 2 is 1.79 bits per heavy atom. The minimum Gasteiger partial charge on any atom is -0.330 e. The van der Waals surface area contributed by atoms with Crippen LogP contribution < -0.4 is 21.9 Å². The predicted octanol–water partition coefficient (Wildman–Crippen LogP) is 1.40. The zero-order chi connectivity index (χ0) is 21.6. The molecule has 11 heteroatoms. The van der Waals surface area contributed by atoms with Crippen LogP contribution in [0.1, 0.15) is 25.8 Å². The van der Waals surface area contributed by atoms with Gasteiger partial charge in [0.2, 0.25) is 11.4 Å². The van der Waals surface area contributed by atoms with Crippen molar-refractivity contribution >= 4 is 17.6 Å². The maximum atomic E-state index is 14.1. The lowest BCUT2D eigenvalue weighted by Gasteiger charge is -2.30. The second-order valence-corrected chi connectivity index (χ2v) is 7.00. The molecule has 3 rings (SSSR count). The standard InChI is InChI=1S/C18H17F3N4O4/c1-9(2)8-11(26)24-17(18(19,20)21)12-13(22-15(17)28)25(16(29)23-14(12)27)10-6-4-3-5-7-10/h3-7,9H,8H2,1-2H3,(H,22,28)(H,24,26)(H,23,27,29)/t17-/m0/s1. The van der Waals surface area contributed by atoms with E-state index in [1.165, 1.54) is 24.3 Å². The zero-order valence-electron chi connectivity index (χ0n) is 15.4. The van der Waals surface area contributed by atoms with E-state index in [1.807, 2.05) is 10.3 Å². The molecular formula is C18H17F3N4O4. The average Bonchev–Trinajstić information content (AvgIpc) is 2.88. The summed E-state index contributed by atoms with van der Waals surface area (Å²) in [7, 11) is 0. The first kappa shape index (κ1) is 20.4. The Bertz CT molecular complexity index is 1090. The van der Waals surface area contributed by atoms with E-state index in [1.54, 1.807) is 25.2 Å². The average molecular weight is 410 g/mol. The van der Waals surface area contributed by atoms with Gasteiger partial charge in [-0.15, -0.1) is 0 Å². The van der Waals surface area contributed by atoms with Gasteiger partial charge in [0.1, 0.15) is 11.4 Å². The number of aromatic amines is 1. The van der Waals surface area contributed by atoms with Gasteiger partial charge >= 0.3 is 11.9 Å². The summed E-state index contributed by atoms with van der Waals surface area (Å²) in [6.45, 7) is 3.23. The van der Waals surface area contributed by atoms with Gasteiger partial charge in [-0.05, 0) is 18.1 Å². The number of hydrogen-bond donors (Lipinski definition) is 3. The number of para-hydroxylation sites is 1. The van der Waals surface area contributed by atoms with E-state index in [-0.39, 0.29) is 18.0 Å². The summed E-state index contributed by atoms with van der Waals surface area (Å²) in [5.41, 5.74) is -7.04. The molecule has 3 N–H and O–H groups in total. The summed E-state index contributed by atoms with van der Waals surface area (Å²) in [6.07, 6.45) is -5.64. The van der Waals surface area contributed by atoms with Crippen LogP contribution in [-0.4, -0.2) is 27.5 Å². The monoisotopic (exact) mass is 410 g/mol. The van der Waals surface area contributed by atoms with Crippen LogP contribution in [0.4, 0.5) is 19.0 Å². The number of nitrogens with one attached hydrogen (secondary N) is 3. The highest BCUT2D eigenvalue weighted by molar-refractivity contribution is 6.07. The first-order chi connectivity index (χ1) is 13.5. The van der Waals surface area contributed by atoms with E-state index >= 15 is 0 Å². The van der Waals surface area contributed by atoms with Crippen molar-refractivity contribution in [1.29, 1.82) is 0 Å². The molecule has 2 aromatic rings. The molecule has 0 bridgehead atoms. The molecule has 2 heterocycles. The number of carbonyl (C=O) groups is 2. The number of carbonyl (C=O) groups excluding carboxylic acids is 2. The molecule has 0 unspecified atom stereocenters. The van der Waals surface area contributed by atoms with Crippen LogP contribution in [0.25, 0.3) is 5.69 Å². The molecule has 1 aliphatic rings. The van der Waals surface area contributed by atoms with Crippen molar-refractivity contribution in [3.63, 3.8) is 0 Å². The highest BCUT2D eigenvalue weighted by Gasteiger charge is 2.68. The van der Waals surface area contributed by atoms with Crippen molar-refractivity contribution in [2.45, 2.75) is 32.0 Å². The number of H-pyrrole nitrogens is 1. The summed E-state index contributed by atoms with van der Waals surface area (Å²) in [6, 6.07) is 7.49. The van der Waals surface area contributed by atoms with Gasteiger partial charge in [-0.1, -0.05) is 32.0 Å². The highest BCUT2D eigenvalue weighted by Crippen LogP contribution is 2.45. The summed E-state index contributed by atoms with van der Waals surface area (Å²) in [5, 5.41) is 3.67. The van der Waals surface area contributed by atoms with E-state index < -0.39 is 46.2 Å². The van der Waals surface area contributed by atoms with Crippen LogP contribution in [0.15, 0.2) is 39.9 Å². The Kier molecular flexibility index (Phi) is 4.85. The quantitative estimate of drug-likeness (QED) is 0.707. The van der Waals surface area contributed by atoms with Crippen LogP contribution >= 0.6 is 0 Å². The van der Waals surface area contributed by atoms with E-state index in [9.17, 15) is 32.3 Å². The van der Waals surface area contributed by atoms with E-state index in [4.69, 9.17) is 0 Å². The minimum absolute atomic E-state index is 0.122. The first-order valence-electron chi connectivity index (χ1n) is 8.63. The van der Waals surface area contributed by atoms with Crippen molar-refractivity contribution in [3.05, 3.63) is 56.7 Å². The molecule has 0 aliphatic carbocycles. The molecular weight excluding hydrogens is 393 g/mol. The van der Waals surface area contributed by atoms with Crippen molar-refractivity contribution in [1.82, 2.24) is 14.9 Å². The number of benzene rings is 1. The molecule has 1 aromatic heterocycles. The molecule has 8 nitrogen and oxygen atoms in total. The predicted molar refractivity (Wildman–Crippen MR) is 96.6 cm³/mol. The number of halogens is 3. The number of aromatic nitrogens is 2. The first-order valence-corrected chi connectivity index (χ1v) is 8.63. The molecule has 0 fully saturated rings. The van der Waals surface area contributed by atoms with E-state index in [0.29, 0.717) is 0 Å². The Morgan fingerprint density at radius 1 is 1.17 bits per heavy atom. The SMILES string of the molecule is CC(C)CC(=O)N[C@]1(C(F)(F)F)C(=O)Nc2c1c(=O)[nH]c(=O)n2-c1ccccc1. The summed E-state index contributed by atoms with van der Waals surface area (Å²) >= 11 is 0. The van der Waals surface area contributed by atoms with E-state index in [2.05, 4.69) is 0 Å². The lowest BCUT2D eigenvalue weighted by molar-refractivity contribution is -0.200. The third kappa shape index (κ3) is 3.22. The fourth-order valence-electron chi connectivity index (χ4n) is 3.23. The van der Waals surface area contributed by atoms with Gasteiger partial charge in [0, 0.05) is 6.42 Å². The fraction of sp³-hybridized carbons (Fsp3) is 0.333. The highest BCUT2D eigenvalue weighted by atomic mass is 19.4. The Labute approximate surface area is 161 Å². The van der Waals surface area contributed by atoms with E-state index in [0.717, 1.165) is 4.57 Å². The molecule has 0 radical (unpaired) electrons. The van der Waals surface area contributed by atoms with Gasteiger partial charge in [0.05, 0.1) is 5.69 Å². The zero-order valence-corrected chi connectivity index (χ0v) is 15.4. The number of rotatable bonds is 4. The Morgan fingerprint density at radius 3 is 2.34 bits per heavy atom. The topological polar surface area (TPSA) is 113 Å². The van der Waals surface area contributed by atoms with Crippen LogP contribution in [0.3, 0.4) is 0 Å². The lowest BCUT2D eigenvalue weighted by Crippen LogP contribution is -2.62. The van der Waals surface area contributed by atoms with Gasteiger partial charge in [-0.3, -0.25) is 19.4 Å².